The van der Waals surface area contributed by atoms with Crippen molar-refractivity contribution in [2.75, 3.05) is 20.1 Å². The van der Waals surface area contributed by atoms with Crippen LogP contribution < -0.4 is 10.6 Å². The van der Waals surface area contributed by atoms with Crippen LogP contribution in [-0.2, 0) is 12.8 Å². The maximum Gasteiger partial charge on any atom is 0.190 e. The molecule has 0 fully saturated rings. The van der Waals surface area contributed by atoms with Gasteiger partial charge in [0.05, 0.1) is 5.01 Å². The lowest BCUT2D eigenvalue weighted by atomic mass is 10.1. The SMILES string of the molecule is CN=C(NCCCc1nc(C)cs1)NCCc1c[nH]c2ccc(F)cc12.I. The van der Waals surface area contributed by atoms with E-state index in [1.807, 2.05) is 13.1 Å². The number of nitrogens with zero attached hydrogens (tertiary/aromatic N) is 2. The van der Waals surface area contributed by atoms with Gasteiger partial charge in [-0.15, -0.1) is 35.3 Å². The molecule has 0 radical (unpaired) electrons. The number of H-pyrrole nitrogens is 1. The van der Waals surface area contributed by atoms with Crippen LogP contribution in [0.3, 0.4) is 0 Å². The number of hydrogen-bond donors (Lipinski definition) is 3. The first kappa shape index (κ1) is 21.6. The first-order valence-electron chi connectivity index (χ1n) is 8.77. The molecule has 0 unspecified atom stereocenters. The van der Waals surface area contributed by atoms with E-state index < -0.39 is 0 Å². The van der Waals surface area contributed by atoms with Gasteiger partial charge in [-0.05, 0) is 43.5 Å². The first-order valence-corrected chi connectivity index (χ1v) is 9.64. The Morgan fingerprint density at radius 1 is 1.26 bits per heavy atom. The van der Waals surface area contributed by atoms with E-state index >= 15 is 0 Å². The van der Waals surface area contributed by atoms with Crippen molar-refractivity contribution in [3.8, 4) is 0 Å². The van der Waals surface area contributed by atoms with Gasteiger partial charge < -0.3 is 15.6 Å². The Hall–Kier alpha value is -1.68. The number of thiazole rings is 1. The summed E-state index contributed by atoms with van der Waals surface area (Å²) in [5.41, 5.74) is 3.15. The van der Waals surface area contributed by atoms with E-state index in [0.717, 1.165) is 60.5 Å². The molecule has 3 N–H and O–H groups in total. The molecule has 2 aromatic heterocycles. The van der Waals surface area contributed by atoms with Gasteiger partial charge in [-0.1, -0.05) is 0 Å². The van der Waals surface area contributed by atoms with E-state index in [2.05, 4.69) is 31.0 Å². The van der Waals surface area contributed by atoms with Crippen LogP contribution in [0.15, 0.2) is 34.8 Å². The minimum Gasteiger partial charge on any atom is -0.361 e. The van der Waals surface area contributed by atoms with Crippen LogP contribution in [0, 0.1) is 12.7 Å². The van der Waals surface area contributed by atoms with Crippen molar-refractivity contribution < 1.29 is 4.39 Å². The number of nitrogens with one attached hydrogen (secondary N) is 3. The van der Waals surface area contributed by atoms with Crippen molar-refractivity contribution in [3.05, 3.63) is 51.9 Å². The predicted octanol–water partition coefficient (Wildman–Crippen LogP) is 4.03. The van der Waals surface area contributed by atoms with E-state index in [1.165, 1.54) is 11.1 Å². The summed E-state index contributed by atoms with van der Waals surface area (Å²) < 4.78 is 13.4. The number of aryl methyl sites for hydroxylation is 2. The second kappa shape index (κ2) is 10.6. The van der Waals surface area contributed by atoms with Crippen LogP contribution >= 0.6 is 35.3 Å². The zero-order chi connectivity index (χ0) is 18.4. The van der Waals surface area contributed by atoms with E-state index in [-0.39, 0.29) is 29.8 Å². The van der Waals surface area contributed by atoms with E-state index in [1.54, 1.807) is 30.5 Å². The Labute approximate surface area is 179 Å². The minimum absolute atomic E-state index is 0. The van der Waals surface area contributed by atoms with Crippen LogP contribution in [0.1, 0.15) is 22.7 Å². The topological polar surface area (TPSA) is 65.1 Å². The van der Waals surface area contributed by atoms with Gasteiger partial charge in [-0.2, -0.15) is 0 Å². The number of hydrogen-bond acceptors (Lipinski definition) is 3. The molecule has 0 bridgehead atoms. The van der Waals surface area contributed by atoms with Crippen LogP contribution in [0.25, 0.3) is 10.9 Å². The molecule has 0 aliphatic heterocycles. The van der Waals surface area contributed by atoms with E-state index in [0.29, 0.717) is 0 Å². The molecule has 146 valence electrons. The number of halogens is 2. The average Bonchev–Trinajstić information content (AvgIpc) is 3.23. The lowest BCUT2D eigenvalue weighted by molar-refractivity contribution is 0.629. The summed E-state index contributed by atoms with van der Waals surface area (Å²) >= 11 is 1.71. The number of guanidine groups is 1. The van der Waals surface area contributed by atoms with Crippen molar-refractivity contribution in [1.82, 2.24) is 20.6 Å². The van der Waals surface area contributed by atoms with E-state index in [9.17, 15) is 4.39 Å². The maximum atomic E-state index is 13.4. The van der Waals surface area contributed by atoms with Gasteiger partial charge in [0.1, 0.15) is 5.82 Å². The van der Waals surface area contributed by atoms with Gasteiger partial charge in [-0.25, -0.2) is 9.37 Å². The molecule has 0 atom stereocenters. The zero-order valence-corrected chi connectivity index (χ0v) is 18.7. The van der Waals surface area contributed by atoms with E-state index in [4.69, 9.17) is 0 Å². The minimum atomic E-state index is -0.209. The summed E-state index contributed by atoms with van der Waals surface area (Å²) in [4.78, 5) is 11.9. The summed E-state index contributed by atoms with van der Waals surface area (Å²) in [6.45, 7) is 3.59. The number of aliphatic imine (C=N–C) groups is 1. The molecule has 27 heavy (non-hydrogen) atoms. The largest absolute Gasteiger partial charge is 0.361 e. The van der Waals surface area contributed by atoms with Crippen LogP contribution in [0.4, 0.5) is 4.39 Å². The summed E-state index contributed by atoms with van der Waals surface area (Å²) in [5, 5.41) is 10.8. The molecule has 3 aromatic rings. The number of rotatable bonds is 7. The predicted molar refractivity (Wildman–Crippen MR) is 122 cm³/mol. The van der Waals surface area contributed by atoms with Crippen molar-refractivity contribution >= 4 is 52.2 Å². The number of fused-ring (bicyclic) bond motifs is 1. The highest BCUT2D eigenvalue weighted by molar-refractivity contribution is 14.0. The third kappa shape index (κ3) is 6.17. The van der Waals surface area contributed by atoms with Gasteiger partial charge in [0, 0.05) is 54.7 Å². The molecule has 0 spiro atoms. The molecule has 8 heteroatoms. The Morgan fingerprint density at radius 3 is 2.81 bits per heavy atom. The van der Waals surface area contributed by atoms with Crippen LogP contribution in [0.2, 0.25) is 0 Å². The average molecular weight is 501 g/mol. The molecule has 0 aliphatic carbocycles. The Balaban J connectivity index is 0.00000261. The van der Waals surface area contributed by atoms with Crippen LogP contribution in [-0.4, -0.2) is 36.1 Å². The molecule has 2 heterocycles. The first-order chi connectivity index (χ1) is 12.7. The third-order valence-corrected chi connectivity index (χ3v) is 5.19. The monoisotopic (exact) mass is 501 g/mol. The molecule has 0 saturated carbocycles. The van der Waals surface area contributed by atoms with Crippen molar-refractivity contribution in [1.29, 1.82) is 0 Å². The zero-order valence-electron chi connectivity index (χ0n) is 15.5. The highest BCUT2D eigenvalue weighted by Gasteiger charge is 2.05. The van der Waals surface area contributed by atoms with Gasteiger partial charge in [0.2, 0.25) is 0 Å². The fourth-order valence-corrected chi connectivity index (χ4v) is 3.68. The summed E-state index contributed by atoms with van der Waals surface area (Å²) in [6, 6.07) is 4.82. The second-order valence-electron chi connectivity index (χ2n) is 6.17. The number of benzene rings is 1. The van der Waals surface area contributed by atoms with Gasteiger partial charge in [0.15, 0.2) is 5.96 Å². The maximum absolute atomic E-state index is 13.4. The van der Waals surface area contributed by atoms with Crippen molar-refractivity contribution in [2.45, 2.75) is 26.2 Å². The second-order valence-corrected chi connectivity index (χ2v) is 7.11. The highest BCUT2D eigenvalue weighted by Crippen LogP contribution is 2.19. The molecule has 3 rings (SSSR count). The molecule has 1 aromatic carbocycles. The lowest BCUT2D eigenvalue weighted by Gasteiger charge is -2.11. The molecule has 0 amide bonds. The number of aromatic amines is 1. The van der Waals surface area contributed by atoms with Gasteiger partial charge in [0.25, 0.3) is 0 Å². The quantitative estimate of drug-likeness (QED) is 0.198. The summed E-state index contributed by atoms with van der Waals surface area (Å²) in [6.07, 6.45) is 4.72. The Kier molecular flexibility index (Phi) is 8.49. The van der Waals surface area contributed by atoms with Crippen molar-refractivity contribution in [2.24, 2.45) is 4.99 Å². The molecular formula is C19H25FIN5S. The lowest BCUT2D eigenvalue weighted by Crippen LogP contribution is -2.38. The third-order valence-electron chi connectivity index (χ3n) is 4.17. The standard InChI is InChI=1S/C19H24FN5S.HI/c1-13-12-26-18(25-13)4-3-8-22-19(21-2)23-9-7-14-11-24-17-6-5-15(20)10-16(14)17;/h5-6,10-12,24H,3-4,7-9H2,1-2H3,(H2,21,22,23);1H. The molecule has 0 aliphatic rings. The normalized spacial score (nSPS) is 11.4. The Bertz CT molecular complexity index is 889. The van der Waals surface area contributed by atoms with Crippen LogP contribution in [0.5, 0.6) is 0 Å². The number of aromatic nitrogens is 2. The molecule has 0 saturated heterocycles. The van der Waals surface area contributed by atoms with Gasteiger partial charge in [-0.3, -0.25) is 4.99 Å². The summed E-state index contributed by atoms with van der Waals surface area (Å²) in [7, 11) is 1.76. The highest BCUT2D eigenvalue weighted by atomic mass is 127. The fraction of sp³-hybridized carbons (Fsp3) is 0.368. The smallest absolute Gasteiger partial charge is 0.190 e. The molecular weight excluding hydrogens is 476 g/mol. The summed E-state index contributed by atoms with van der Waals surface area (Å²) in [5.74, 6) is 0.575. The fourth-order valence-electron chi connectivity index (χ4n) is 2.86. The Morgan fingerprint density at radius 2 is 2.07 bits per heavy atom. The van der Waals surface area contributed by atoms with Gasteiger partial charge >= 0.3 is 0 Å². The molecule has 5 nitrogen and oxygen atoms in total. The van der Waals surface area contributed by atoms with Crippen molar-refractivity contribution in [3.63, 3.8) is 0 Å².